The van der Waals surface area contributed by atoms with Gasteiger partial charge in [-0.25, -0.2) is 0 Å². The van der Waals surface area contributed by atoms with E-state index in [1.54, 1.807) is 23.6 Å². The van der Waals surface area contributed by atoms with Gasteiger partial charge in [0.15, 0.2) is 0 Å². The van der Waals surface area contributed by atoms with Crippen LogP contribution in [0.4, 0.5) is 0 Å². The van der Waals surface area contributed by atoms with Gasteiger partial charge in [-0.15, -0.1) is 5.10 Å². The fraction of sp³-hybridized carbons (Fsp3) is 0.188. The molecule has 0 bridgehead atoms. The lowest BCUT2D eigenvalue weighted by atomic mass is 10.2. The zero-order chi connectivity index (χ0) is 16.2. The van der Waals surface area contributed by atoms with Crippen molar-refractivity contribution in [2.45, 2.75) is 17.8 Å². The number of hydrogen-bond donors (Lipinski definition) is 0. The Balaban J connectivity index is 1.85. The van der Waals surface area contributed by atoms with E-state index >= 15 is 0 Å². The second-order valence-corrected chi connectivity index (χ2v) is 6.82. The first kappa shape index (κ1) is 16.0. The van der Waals surface area contributed by atoms with E-state index in [1.807, 2.05) is 37.3 Å². The highest BCUT2D eigenvalue weighted by molar-refractivity contribution is 9.10. The molecule has 0 atom stereocenters. The molecule has 0 amide bonds. The fourth-order valence-electron chi connectivity index (χ4n) is 2.11. The molecule has 0 aliphatic rings. The number of ether oxygens (including phenoxy) is 1. The van der Waals surface area contributed by atoms with Crippen molar-refractivity contribution in [1.29, 1.82) is 0 Å². The largest absolute Gasteiger partial charge is 0.494 e. The number of tetrazole rings is 1. The van der Waals surface area contributed by atoms with Crippen molar-refractivity contribution in [3.8, 4) is 11.4 Å². The quantitative estimate of drug-likeness (QED) is 0.615. The third kappa shape index (κ3) is 3.73. The van der Waals surface area contributed by atoms with E-state index in [1.165, 1.54) is 5.56 Å². The van der Waals surface area contributed by atoms with Crippen LogP contribution in [0.1, 0.15) is 11.1 Å². The average Bonchev–Trinajstić information content (AvgIpc) is 3.02. The second-order valence-electron chi connectivity index (χ2n) is 4.96. The predicted octanol–water partition coefficient (Wildman–Crippen LogP) is 4.03. The maximum absolute atomic E-state index is 5.42. The Labute approximate surface area is 147 Å². The van der Waals surface area contributed by atoms with Gasteiger partial charge in [0.05, 0.1) is 7.11 Å². The van der Waals surface area contributed by atoms with E-state index in [2.05, 4.69) is 43.6 Å². The second kappa shape index (κ2) is 7.14. The molecule has 2 aromatic carbocycles. The Morgan fingerprint density at radius 1 is 1.17 bits per heavy atom. The van der Waals surface area contributed by atoms with Crippen LogP contribution in [-0.2, 0) is 5.75 Å². The summed E-state index contributed by atoms with van der Waals surface area (Å²) >= 11 is 5.03. The Morgan fingerprint density at radius 2 is 1.96 bits per heavy atom. The van der Waals surface area contributed by atoms with Crippen LogP contribution >= 0.6 is 27.7 Å². The zero-order valence-electron chi connectivity index (χ0n) is 12.7. The molecule has 0 saturated heterocycles. The lowest BCUT2D eigenvalue weighted by Crippen LogP contribution is -2.02. The number of benzene rings is 2. The molecule has 118 valence electrons. The van der Waals surface area contributed by atoms with E-state index in [0.29, 0.717) is 0 Å². The summed E-state index contributed by atoms with van der Waals surface area (Å²) < 4.78 is 8.21. The monoisotopic (exact) mass is 390 g/mol. The van der Waals surface area contributed by atoms with Crippen LogP contribution in [0.3, 0.4) is 0 Å². The third-order valence-electron chi connectivity index (χ3n) is 3.28. The molecule has 0 aliphatic carbocycles. The van der Waals surface area contributed by atoms with Gasteiger partial charge < -0.3 is 4.74 Å². The summed E-state index contributed by atoms with van der Waals surface area (Å²) in [5.74, 6) is 1.54. The van der Waals surface area contributed by atoms with Gasteiger partial charge in [-0.3, -0.25) is 0 Å². The van der Waals surface area contributed by atoms with Gasteiger partial charge >= 0.3 is 0 Å². The molecule has 0 aliphatic heterocycles. The first-order valence-electron chi connectivity index (χ1n) is 6.98. The number of thioether (sulfide) groups is 1. The van der Waals surface area contributed by atoms with Gasteiger partial charge in [0.2, 0.25) is 5.16 Å². The van der Waals surface area contributed by atoms with E-state index in [-0.39, 0.29) is 0 Å². The summed E-state index contributed by atoms with van der Waals surface area (Å²) in [5, 5.41) is 12.8. The number of hydrogen-bond acceptors (Lipinski definition) is 5. The van der Waals surface area contributed by atoms with E-state index < -0.39 is 0 Å². The van der Waals surface area contributed by atoms with Crippen molar-refractivity contribution in [3.63, 3.8) is 0 Å². The molecule has 3 aromatic rings. The molecular weight excluding hydrogens is 376 g/mol. The summed E-state index contributed by atoms with van der Waals surface area (Å²) in [6.07, 6.45) is 0. The lowest BCUT2D eigenvalue weighted by Gasteiger charge is -2.10. The molecule has 5 nitrogen and oxygen atoms in total. The number of aromatic nitrogens is 4. The molecule has 0 radical (unpaired) electrons. The smallest absolute Gasteiger partial charge is 0.214 e. The Morgan fingerprint density at radius 3 is 2.70 bits per heavy atom. The molecule has 0 fully saturated rings. The van der Waals surface area contributed by atoms with E-state index in [9.17, 15) is 0 Å². The van der Waals surface area contributed by atoms with Crippen molar-refractivity contribution < 1.29 is 4.74 Å². The summed E-state index contributed by atoms with van der Waals surface area (Å²) in [5.41, 5.74) is 3.18. The number of methoxy groups -OCH3 is 1. The van der Waals surface area contributed by atoms with Crippen molar-refractivity contribution in [1.82, 2.24) is 20.2 Å². The molecule has 0 unspecified atom stereocenters. The number of halogens is 1. The van der Waals surface area contributed by atoms with Gasteiger partial charge in [0, 0.05) is 10.2 Å². The highest BCUT2D eigenvalue weighted by atomic mass is 79.9. The summed E-state index contributed by atoms with van der Waals surface area (Å²) in [6, 6.07) is 14.2. The van der Waals surface area contributed by atoms with Crippen molar-refractivity contribution in [3.05, 3.63) is 58.1 Å². The van der Waals surface area contributed by atoms with Gasteiger partial charge in [-0.05, 0) is 52.7 Å². The molecule has 7 heteroatoms. The van der Waals surface area contributed by atoms with Crippen molar-refractivity contribution in [2.75, 3.05) is 7.11 Å². The van der Waals surface area contributed by atoms with Crippen LogP contribution in [0.5, 0.6) is 5.75 Å². The minimum Gasteiger partial charge on any atom is -0.494 e. The minimum absolute atomic E-state index is 0.733. The van der Waals surface area contributed by atoms with Crippen LogP contribution in [0, 0.1) is 6.92 Å². The summed E-state index contributed by atoms with van der Waals surface area (Å²) in [7, 11) is 1.65. The standard InChI is InChI=1S/C16H15BrN4OS/c1-11-3-8-15(22-2)14(9-11)21-16(18-19-20-21)23-10-12-4-6-13(17)7-5-12/h3-9H,10H2,1-2H3. The van der Waals surface area contributed by atoms with Gasteiger partial charge in [0.1, 0.15) is 11.4 Å². The number of rotatable bonds is 5. The zero-order valence-corrected chi connectivity index (χ0v) is 15.1. The van der Waals surface area contributed by atoms with Gasteiger partial charge in [0.25, 0.3) is 0 Å². The van der Waals surface area contributed by atoms with Gasteiger partial charge in [-0.2, -0.15) is 4.68 Å². The summed E-state index contributed by atoms with van der Waals surface area (Å²) in [6.45, 7) is 2.03. The maximum Gasteiger partial charge on any atom is 0.214 e. The average molecular weight is 391 g/mol. The lowest BCUT2D eigenvalue weighted by molar-refractivity contribution is 0.410. The van der Waals surface area contributed by atoms with Crippen LogP contribution in [0.15, 0.2) is 52.1 Å². The molecular formula is C16H15BrN4OS. The highest BCUT2D eigenvalue weighted by Gasteiger charge is 2.13. The van der Waals surface area contributed by atoms with Crippen LogP contribution in [0.2, 0.25) is 0 Å². The highest BCUT2D eigenvalue weighted by Crippen LogP contribution is 2.28. The van der Waals surface area contributed by atoms with Crippen LogP contribution < -0.4 is 4.74 Å². The SMILES string of the molecule is COc1ccc(C)cc1-n1nnnc1SCc1ccc(Br)cc1. The first-order chi connectivity index (χ1) is 11.2. The first-order valence-corrected chi connectivity index (χ1v) is 8.76. The topological polar surface area (TPSA) is 52.8 Å². The van der Waals surface area contributed by atoms with Crippen LogP contribution in [-0.4, -0.2) is 27.3 Å². The van der Waals surface area contributed by atoms with Crippen molar-refractivity contribution >= 4 is 27.7 Å². The molecule has 23 heavy (non-hydrogen) atoms. The molecule has 0 N–H and O–H groups in total. The maximum atomic E-state index is 5.42. The van der Waals surface area contributed by atoms with Crippen LogP contribution in [0.25, 0.3) is 5.69 Å². The van der Waals surface area contributed by atoms with E-state index in [4.69, 9.17) is 4.74 Å². The summed E-state index contributed by atoms with van der Waals surface area (Å²) in [4.78, 5) is 0. The molecule has 3 rings (SSSR count). The third-order valence-corrected chi connectivity index (χ3v) is 4.80. The molecule has 0 spiro atoms. The minimum atomic E-state index is 0.733. The Bertz CT molecular complexity index is 804. The van der Waals surface area contributed by atoms with Gasteiger partial charge in [-0.1, -0.05) is 45.9 Å². The van der Waals surface area contributed by atoms with Crippen molar-refractivity contribution in [2.24, 2.45) is 0 Å². The molecule has 1 heterocycles. The van der Waals surface area contributed by atoms with E-state index in [0.717, 1.165) is 32.4 Å². The number of nitrogens with zero attached hydrogens (tertiary/aromatic N) is 4. The fourth-order valence-corrected chi connectivity index (χ4v) is 3.22. The molecule has 1 aromatic heterocycles. The normalized spacial score (nSPS) is 10.7. The Kier molecular flexibility index (Phi) is 4.97. The predicted molar refractivity (Wildman–Crippen MR) is 94.1 cm³/mol. The Hall–Kier alpha value is -1.86. The molecule has 0 saturated carbocycles. The number of aryl methyl sites for hydroxylation is 1.